The van der Waals surface area contributed by atoms with E-state index >= 15 is 0 Å². The molecule has 0 aromatic heterocycles. The summed E-state index contributed by atoms with van der Waals surface area (Å²) in [5, 5.41) is 4.96. The molecular formula is C20H20N2O6. The highest BCUT2D eigenvalue weighted by Crippen LogP contribution is 2.10. The van der Waals surface area contributed by atoms with Crippen molar-refractivity contribution in [1.82, 2.24) is 5.32 Å². The standard InChI is InChI=1S/C20H20N2O6/c1-13-4-3-5-15(10-13)19(25)21-11-18(24)28-12-17(23)22-16-8-6-14(7-9-16)20(26)27-2/h3-10H,11-12H2,1-2H3,(H,21,25)(H,22,23). The van der Waals surface area contributed by atoms with Gasteiger partial charge in [-0.1, -0.05) is 17.7 Å². The third-order valence-electron chi connectivity index (χ3n) is 3.63. The van der Waals surface area contributed by atoms with Crippen LogP contribution in [0.2, 0.25) is 0 Å². The van der Waals surface area contributed by atoms with Gasteiger partial charge in [0, 0.05) is 11.3 Å². The van der Waals surface area contributed by atoms with E-state index in [1.807, 2.05) is 13.0 Å². The molecule has 146 valence electrons. The van der Waals surface area contributed by atoms with Gasteiger partial charge in [-0.15, -0.1) is 0 Å². The lowest BCUT2D eigenvalue weighted by Crippen LogP contribution is -2.32. The molecule has 0 fully saturated rings. The molecule has 0 unspecified atom stereocenters. The second-order valence-electron chi connectivity index (χ2n) is 5.83. The van der Waals surface area contributed by atoms with Gasteiger partial charge in [-0.05, 0) is 43.3 Å². The molecule has 0 aliphatic heterocycles. The highest BCUT2D eigenvalue weighted by atomic mass is 16.5. The van der Waals surface area contributed by atoms with Crippen LogP contribution in [0.4, 0.5) is 5.69 Å². The lowest BCUT2D eigenvalue weighted by molar-refractivity contribution is -0.146. The molecule has 0 saturated heterocycles. The number of benzene rings is 2. The zero-order chi connectivity index (χ0) is 20.5. The highest BCUT2D eigenvalue weighted by molar-refractivity contribution is 5.97. The van der Waals surface area contributed by atoms with E-state index in [-0.39, 0.29) is 6.54 Å². The molecule has 0 saturated carbocycles. The summed E-state index contributed by atoms with van der Waals surface area (Å²) in [5.41, 5.74) is 2.13. The third-order valence-corrected chi connectivity index (χ3v) is 3.63. The summed E-state index contributed by atoms with van der Waals surface area (Å²) in [7, 11) is 1.27. The molecule has 0 atom stereocenters. The first-order valence-corrected chi connectivity index (χ1v) is 8.38. The van der Waals surface area contributed by atoms with Gasteiger partial charge >= 0.3 is 11.9 Å². The van der Waals surface area contributed by atoms with Crippen molar-refractivity contribution in [2.24, 2.45) is 0 Å². The molecule has 0 aliphatic rings. The molecule has 0 bridgehead atoms. The van der Waals surface area contributed by atoms with Crippen LogP contribution in [0.25, 0.3) is 0 Å². The number of rotatable bonds is 7. The lowest BCUT2D eigenvalue weighted by Gasteiger charge is -2.08. The Kier molecular flexibility index (Phi) is 7.27. The van der Waals surface area contributed by atoms with Crippen molar-refractivity contribution in [3.63, 3.8) is 0 Å². The Morgan fingerprint density at radius 2 is 1.68 bits per heavy atom. The molecule has 28 heavy (non-hydrogen) atoms. The number of methoxy groups -OCH3 is 1. The minimum atomic E-state index is -0.739. The van der Waals surface area contributed by atoms with Gasteiger partial charge < -0.3 is 20.1 Å². The molecule has 2 N–H and O–H groups in total. The maximum Gasteiger partial charge on any atom is 0.337 e. The Morgan fingerprint density at radius 3 is 2.32 bits per heavy atom. The monoisotopic (exact) mass is 384 g/mol. The molecule has 0 spiro atoms. The van der Waals surface area contributed by atoms with Gasteiger partial charge in [-0.3, -0.25) is 14.4 Å². The van der Waals surface area contributed by atoms with Crippen molar-refractivity contribution in [3.8, 4) is 0 Å². The first-order chi connectivity index (χ1) is 13.4. The number of hydrogen-bond acceptors (Lipinski definition) is 6. The largest absolute Gasteiger partial charge is 0.465 e. The number of nitrogens with one attached hydrogen (secondary N) is 2. The lowest BCUT2D eigenvalue weighted by atomic mass is 10.1. The van der Waals surface area contributed by atoms with Crippen LogP contribution in [0.15, 0.2) is 48.5 Å². The van der Waals surface area contributed by atoms with Crippen molar-refractivity contribution in [2.45, 2.75) is 6.92 Å². The van der Waals surface area contributed by atoms with E-state index in [0.29, 0.717) is 16.8 Å². The van der Waals surface area contributed by atoms with Crippen molar-refractivity contribution < 1.29 is 28.7 Å². The van der Waals surface area contributed by atoms with Crippen LogP contribution < -0.4 is 10.6 Å². The number of carbonyl (C=O) groups excluding carboxylic acids is 4. The van der Waals surface area contributed by atoms with Crippen LogP contribution in [0.1, 0.15) is 26.3 Å². The molecule has 0 aliphatic carbocycles. The van der Waals surface area contributed by atoms with Crippen LogP contribution in [0, 0.1) is 6.92 Å². The van der Waals surface area contributed by atoms with E-state index < -0.39 is 30.4 Å². The van der Waals surface area contributed by atoms with Crippen LogP contribution in [-0.4, -0.2) is 44.0 Å². The Balaban J connectivity index is 1.74. The second kappa shape index (κ2) is 9.86. The van der Waals surface area contributed by atoms with E-state index in [0.717, 1.165) is 5.56 Å². The molecule has 2 aromatic carbocycles. The number of hydrogen-bond donors (Lipinski definition) is 2. The fourth-order valence-corrected chi connectivity index (χ4v) is 2.24. The van der Waals surface area contributed by atoms with Gasteiger partial charge in [-0.25, -0.2) is 4.79 Å². The molecule has 2 aromatic rings. The Bertz CT molecular complexity index is 877. The van der Waals surface area contributed by atoms with Crippen LogP contribution in [0.3, 0.4) is 0 Å². The van der Waals surface area contributed by atoms with Crippen LogP contribution in [-0.2, 0) is 19.1 Å². The fraction of sp³-hybridized carbons (Fsp3) is 0.200. The number of amides is 2. The average Bonchev–Trinajstić information content (AvgIpc) is 2.70. The summed E-state index contributed by atoms with van der Waals surface area (Å²) in [6, 6.07) is 13.0. The van der Waals surface area contributed by atoms with Crippen LogP contribution >= 0.6 is 0 Å². The topological polar surface area (TPSA) is 111 Å². The van der Waals surface area contributed by atoms with Gasteiger partial charge in [0.25, 0.3) is 11.8 Å². The van der Waals surface area contributed by atoms with Crippen molar-refractivity contribution in [1.29, 1.82) is 0 Å². The predicted octanol–water partition coefficient (Wildman–Crippen LogP) is 1.69. The molecule has 0 heterocycles. The predicted molar refractivity (Wildman–Crippen MR) is 101 cm³/mol. The molecule has 2 amide bonds. The number of anilines is 1. The Hall–Kier alpha value is -3.68. The first kappa shape index (κ1) is 20.6. The summed E-state index contributed by atoms with van der Waals surface area (Å²) in [6.45, 7) is 0.998. The van der Waals surface area contributed by atoms with Gasteiger partial charge in [0.15, 0.2) is 6.61 Å². The average molecular weight is 384 g/mol. The van der Waals surface area contributed by atoms with Crippen LogP contribution in [0.5, 0.6) is 0 Å². The second-order valence-corrected chi connectivity index (χ2v) is 5.83. The van der Waals surface area contributed by atoms with Gasteiger partial charge in [0.1, 0.15) is 6.54 Å². The van der Waals surface area contributed by atoms with E-state index in [1.165, 1.54) is 31.4 Å². The van der Waals surface area contributed by atoms with E-state index in [4.69, 9.17) is 4.74 Å². The van der Waals surface area contributed by atoms with E-state index in [9.17, 15) is 19.2 Å². The number of ether oxygens (including phenoxy) is 2. The minimum absolute atomic E-state index is 0.344. The summed E-state index contributed by atoms with van der Waals surface area (Å²) < 4.78 is 9.41. The van der Waals surface area contributed by atoms with E-state index in [2.05, 4.69) is 15.4 Å². The zero-order valence-corrected chi connectivity index (χ0v) is 15.5. The third kappa shape index (κ3) is 6.24. The fourth-order valence-electron chi connectivity index (χ4n) is 2.24. The van der Waals surface area contributed by atoms with Gasteiger partial charge in [0.2, 0.25) is 0 Å². The molecule has 8 heteroatoms. The molecule has 8 nitrogen and oxygen atoms in total. The maximum atomic E-state index is 11.9. The summed E-state index contributed by atoms with van der Waals surface area (Å²) in [6.07, 6.45) is 0. The van der Waals surface area contributed by atoms with E-state index in [1.54, 1.807) is 18.2 Å². The quantitative estimate of drug-likeness (QED) is 0.703. The smallest absolute Gasteiger partial charge is 0.337 e. The summed E-state index contributed by atoms with van der Waals surface area (Å²) in [5.74, 6) is -2.18. The molecule has 2 rings (SSSR count). The number of aryl methyl sites for hydroxylation is 1. The van der Waals surface area contributed by atoms with Crippen molar-refractivity contribution in [2.75, 3.05) is 25.6 Å². The van der Waals surface area contributed by atoms with Crippen molar-refractivity contribution >= 4 is 29.4 Å². The Labute approximate surface area is 161 Å². The summed E-state index contributed by atoms with van der Waals surface area (Å²) in [4.78, 5) is 46.8. The number of carbonyl (C=O) groups is 4. The molecular weight excluding hydrogens is 364 g/mol. The summed E-state index contributed by atoms with van der Waals surface area (Å²) >= 11 is 0. The van der Waals surface area contributed by atoms with Gasteiger partial charge in [-0.2, -0.15) is 0 Å². The SMILES string of the molecule is COC(=O)c1ccc(NC(=O)COC(=O)CNC(=O)c2cccc(C)c2)cc1. The first-order valence-electron chi connectivity index (χ1n) is 8.38. The van der Waals surface area contributed by atoms with Gasteiger partial charge in [0.05, 0.1) is 12.7 Å². The zero-order valence-electron chi connectivity index (χ0n) is 15.5. The highest BCUT2D eigenvalue weighted by Gasteiger charge is 2.11. The number of esters is 2. The minimum Gasteiger partial charge on any atom is -0.465 e. The Morgan fingerprint density at radius 1 is 0.964 bits per heavy atom. The molecule has 0 radical (unpaired) electrons. The normalized spacial score (nSPS) is 9.93. The maximum absolute atomic E-state index is 11.9. The van der Waals surface area contributed by atoms with Crippen molar-refractivity contribution in [3.05, 3.63) is 65.2 Å².